The second-order valence-corrected chi connectivity index (χ2v) is 14.9. The van der Waals surface area contributed by atoms with Crippen molar-refractivity contribution < 1.29 is 14.0 Å². The molecule has 0 aliphatic carbocycles. The summed E-state index contributed by atoms with van der Waals surface area (Å²) in [5.41, 5.74) is 12.3. The van der Waals surface area contributed by atoms with Crippen LogP contribution in [0.4, 0.5) is 5.95 Å². The van der Waals surface area contributed by atoms with Crippen molar-refractivity contribution in [2.24, 2.45) is 17.4 Å². The summed E-state index contributed by atoms with van der Waals surface area (Å²) in [6, 6.07) is -0.460. The number of imidazole rings is 1. The summed E-state index contributed by atoms with van der Waals surface area (Å²) in [6.07, 6.45) is -0.106. The lowest BCUT2D eigenvalue weighted by atomic mass is 10.1. The first kappa shape index (κ1) is 24.5. The normalized spacial score (nSPS) is 24.4. The van der Waals surface area contributed by atoms with Crippen LogP contribution in [0.2, 0.25) is 18.1 Å². The highest BCUT2D eigenvalue weighted by Gasteiger charge is 2.49. The SMILES string of the molecule is CC(C)C(=O)Nc1nc2c(ncn2[C@@H]2O[C@H](CN)[C@@H](N)[C@H]2O[Si](C)(C)C(C)(C)C)c(=O)[nH]1. The van der Waals surface area contributed by atoms with Crippen molar-refractivity contribution in [3.8, 4) is 0 Å². The summed E-state index contributed by atoms with van der Waals surface area (Å²) in [6.45, 7) is 14.4. The quantitative estimate of drug-likeness (QED) is 0.464. The summed E-state index contributed by atoms with van der Waals surface area (Å²) in [5, 5.41) is 2.58. The minimum atomic E-state index is -2.21. The number of carbonyl (C=O) groups is 1. The first-order chi connectivity index (χ1) is 14.8. The van der Waals surface area contributed by atoms with E-state index in [-0.39, 0.29) is 40.5 Å². The molecule has 12 heteroatoms. The Hall–Kier alpha value is -2.12. The molecule has 0 radical (unpaired) electrons. The zero-order chi connectivity index (χ0) is 24.0. The van der Waals surface area contributed by atoms with E-state index in [1.165, 1.54) is 6.33 Å². The number of rotatable bonds is 6. The topological polar surface area (TPSA) is 163 Å². The lowest BCUT2D eigenvalue weighted by molar-refractivity contribution is -0.118. The van der Waals surface area contributed by atoms with Gasteiger partial charge >= 0.3 is 0 Å². The third-order valence-electron chi connectivity index (χ3n) is 6.35. The van der Waals surface area contributed by atoms with E-state index in [0.29, 0.717) is 0 Å². The van der Waals surface area contributed by atoms with Gasteiger partial charge in [-0.15, -0.1) is 0 Å². The third kappa shape index (κ3) is 4.50. The Kier molecular flexibility index (Phi) is 6.64. The number of nitrogens with zero attached hydrogens (tertiary/aromatic N) is 3. The monoisotopic (exact) mass is 465 g/mol. The molecule has 0 bridgehead atoms. The third-order valence-corrected chi connectivity index (χ3v) is 10.8. The molecule has 1 amide bonds. The highest BCUT2D eigenvalue weighted by molar-refractivity contribution is 6.74. The lowest BCUT2D eigenvalue weighted by Crippen LogP contribution is -2.51. The van der Waals surface area contributed by atoms with E-state index in [0.717, 1.165) is 0 Å². The van der Waals surface area contributed by atoms with Gasteiger partial charge in [-0.3, -0.25) is 24.5 Å². The van der Waals surface area contributed by atoms with Crippen LogP contribution in [0.3, 0.4) is 0 Å². The summed E-state index contributed by atoms with van der Waals surface area (Å²) in [5.74, 6) is -0.493. The molecule has 2 aromatic heterocycles. The van der Waals surface area contributed by atoms with Crippen molar-refractivity contribution in [2.45, 2.75) is 77.2 Å². The minimum Gasteiger partial charge on any atom is -0.408 e. The number of hydrogen-bond donors (Lipinski definition) is 4. The molecule has 0 spiro atoms. The average Bonchev–Trinajstić information content (AvgIpc) is 3.22. The van der Waals surface area contributed by atoms with Crippen molar-refractivity contribution in [1.29, 1.82) is 0 Å². The van der Waals surface area contributed by atoms with Gasteiger partial charge in [0.1, 0.15) is 6.10 Å². The first-order valence-electron chi connectivity index (χ1n) is 10.8. The van der Waals surface area contributed by atoms with Crippen LogP contribution in [0.15, 0.2) is 11.1 Å². The molecule has 0 saturated carbocycles. The number of anilines is 1. The molecule has 11 nitrogen and oxygen atoms in total. The van der Waals surface area contributed by atoms with Crippen LogP contribution in [-0.4, -0.2) is 58.5 Å². The highest BCUT2D eigenvalue weighted by Crippen LogP contribution is 2.41. The Bertz CT molecular complexity index is 1040. The number of amides is 1. The molecule has 32 heavy (non-hydrogen) atoms. The number of nitrogens with one attached hydrogen (secondary N) is 2. The summed E-state index contributed by atoms with van der Waals surface area (Å²) in [4.78, 5) is 35.9. The number of aromatic amines is 1. The van der Waals surface area contributed by atoms with Gasteiger partial charge in [-0.25, -0.2) is 4.98 Å². The van der Waals surface area contributed by atoms with Gasteiger partial charge < -0.3 is 20.6 Å². The molecule has 2 aromatic rings. The standard InChI is InChI=1S/C20H35N7O4Si/c1-10(2)16(28)25-19-24-15-13(17(29)26-19)23-9-27(15)18-14(12(22)11(8-21)30-18)31-32(6,7)20(3,4)5/h9-12,14,18H,8,21-22H2,1-7H3,(H2,24,25,26,28,29)/t11-,12-,14-,18-/m1/s1. The number of fused-ring (bicyclic) bond motifs is 1. The molecule has 1 aliphatic heterocycles. The number of carbonyl (C=O) groups excluding carboxylic acids is 1. The van der Waals surface area contributed by atoms with Gasteiger partial charge in [0.15, 0.2) is 25.7 Å². The Labute approximate surface area is 188 Å². The van der Waals surface area contributed by atoms with Crippen LogP contribution in [0.1, 0.15) is 40.8 Å². The molecule has 1 saturated heterocycles. The molecule has 0 aromatic carbocycles. The molecule has 4 atom stereocenters. The predicted molar refractivity (Wildman–Crippen MR) is 125 cm³/mol. The molecular formula is C20H35N7O4Si. The van der Waals surface area contributed by atoms with Crippen LogP contribution < -0.4 is 22.3 Å². The second kappa shape index (κ2) is 8.67. The minimum absolute atomic E-state index is 0.0429. The summed E-state index contributed by atoms with van der Waals surface area (Å²) in [7, 11) is -2.21. The molecule has 6 N–H and O–H groups in total. The van der Waals surface area contributed by atoms with Crippen molar-refractivity contribution >= 4 is 31.3 Å². The van der Waals surface area contributed by atoms with Gasteiger partial charge in [0.25, 0.3) is 5.56 Å². The number of H-pyrrole nitrogens is 1. The Morgan fingerprint density at radius 1 is 1.41 bits per heavy atom. The van der Waals surface area contributed by atoms with E-state index < -0.39 is 38.4 Å². The zero-order valence-corrected chi connectivity index (χ0v) is 20.8. The van der Waals surface area contributed by atoms with Crippen molar-refractivity contribution in [3.63, 3.8) is 0 Å². The van der Waals surface area contributed by atoms with Gasteiger partial charge in [0.05, 0.1) is 18.5 Å². The number of aromatic nitrogens is 4. The maximum absolute atomic E-state index is 12.6. The predicted octanol–water partition coefficient (Wildman–Crippen LogP) is 1.29. The van der Waals surface area contributed by atoms with Gasteiger partial charge in [0, 0.05) is 12.5 Å². The fraction of sp³-hybridized carbons (Fsp3) is 0.700. The highest BCUT2D eigenvalue weighted by atomic mass is 28.4. The van der Waals surface area contributed by atoms with E-state index in [2.05, 4.69) is 54.1 Å². The van der Waals surface area contributed by atoms with E-state index in [1.54, 1.807) is 18.4 Å². The first-order valence-corrected chi connectivity index (χ1v) is 13.7. The fourth-order valence-corrected chi connectivity index (χ4v) is 4.58. The van der Waals surface area contributed by atoms with E-state index in [9.17, 15) is 9.59 Å². The smallest absolute Gasteiger partial charge is 0.280 e. The van der Waals surface area contributed by atoms with Crippen molar-refractivity contribution in [1.82, 2.24) is 19.5 Å². The maximum atomic E-state index is 12.6. The van der Waals surface area contributed by atoms with Gasteiger partial charge in [-0.1, -0.05) is 34.6 Å². The van der Waals surface area contributed by atoms with Crippen LogP contribution in [0, 0.1) is 5.92 Å². The molecular weight excluding hydrogens is 430 g/mol. The number of nitrogens with two attached hydrogens (primary N) is 2. The average molecular weight is 466 g/mol. The second-order valence-electron chi connectivity index (χ2n) is 10.1. The van der Waals surface area contributed by atoms with Gasteiger partial charge in [-0.05, 0) is 18.1 Å². The van der Waals surface area contributed by atoms with Crippen LogP contribution in [0.25, 0.3) is 11.2 Å². The largest absolute Gasteiger partial charge is 0.408 e. The molecule has 1 fully saturated rings. The van der Waals surface area contributed by atoms with Crippen LogP contribution >= 0.6 is 0 Å². The number of hydrogen-bond acceptors (Lipinski definition) is 8. The maximum Gasteiger partial charge on any atom is 0.280 e. The Balaban J connectivity index is 2.05. The lowest BCUT2D eigenvalue weighted by Gasteiger charge is -2.40. The van der Waals surface area contributed by atoms with Crippen molar-refractivity contribution in [2.75, 3.05) is 11.9 Å². The Morgan fingerprint density at radius 3 is 2.62 bits per heavy atom. The Morgan fingerprint density at radius 2 is 2.06 bits per heavy atom. The molecule has 178 valence electrons. The van der Waals surface area contributed by atoms with Gasteiger partial charge in [0.2, 0.25) is 11.9 Å². The van der Waals surface area contributed by atoms with Gasteiger partial charge in [-0.2, -0.15) is 4.98 Å². The van der Waals surface area contributed by atoms with Crippen LogP contribution in [0.5, 0.6) is 0 Å². The molecule has 0 unspecified atom stereocenters. The molecule has 1 aliphatic rings. The summed E-state index contributed by atoms with van der Waals surface area (Å²) < 4.78 is 14.5. The van der Waals surface area contributed by atoms with Crippen molar-refractivity contribution in [3.05, 3.63) is 16.7 Å². The fourth-order valence-electron chi connectivity index (χ4n) is 3.27. The van der Waals surface area contributed by atoms with E-state index in [4.69, 9.17) is 20.6 Å². The van der Waals surface area contributed by atoms with Crippen LogP contribution in [-0.2, 0) is 14.0 Å². The zero-order valence-electron chi connectivity index (χ0n) is 19.8. The molecule has 3 heterocycles. The van der Waals surface area contributed by atoms with E-state index in [1.807, 2.05) is 0 Å². The molecule has 3 rings (SSSR count). The summed E-state index contributed by atoms with van der Waals surface area (Å²) >= 11 is 0. The number of ether oxygens (including phenoxy) is 1. The van der Waals surface area contributed by atoms with E-state index >= 15 is 0 Å².